The minimum atomic E-state index is -4.62. The van der Waals surface area contributed by atoms with Crippen LogP contribution in [-0.2, 0) is 0 Å². The molecule has 0 N–H and O–H groups in total. The quantitative estimate of drug-likeness (QED) is 0.468. The summed E-state index contributed by atoms with van der Waals surface area (Å²) >= 11 is 8.40. The van der Waals surface area contributed by atoms with Gasteiger partial charge < -0.3 is 4.74 Å². The van der Waals surface area contributed by atoms with Crippen LogP contribution in [0.25, 0.3) is 0 Å². The second kappa shape index (κ2) is 11.7. The maximum absolute atomic E-state index is 11.6. The first kappa shape index (κ1) is 21.2. The Morgan fingerprint density at radius 2 is 1.89 bits per heavy atom. The Morgan fingerprint density at radius 1 is 1.26 bits per heavy atom. The SMILES string of the molecule is CCCCCCl.FC(F)(F)Oc1cccc(Br)c1.S. The molecule has 0 unspecified atom stereocenters. The van der Waals surface area contributed by atoms with Crippen LogP contribution in [0, 0.1) is 0 Å². The van der Waals surface area contributed by atoms with Crippen molar-refractivity contribution in [2.24, 2.45) is 0 Å². The third kappa shape index (κ3) is 14.2. The number of hydrogen-bond acceptors (Lipinski definition) is 1. The van der Waals surface area contributed by atoms with Crippen LogP contribution in [-0.4, -0.2) is 12.2 Å². The first-order valence-corrected chi connectivity index (χ1v) is 6.79. The zero-order valence-electron chi connectivity index (χ0n) is 10.4. The van der Waals surface area contributed by atoms with Gasteiger partial charge in [-0.1, -0.05) is 41.8 Å². The van der Waals surface area contributed by atoms with E-state index in [9.17, 15) is 13.2 Å². The zero-order valence-corrected chi connectivity index (χ0v) is 13.8. The highest BCUT2D eigenvalue weighted by atomic mass is 79.9. The van der Waals surface area contributed by atoms with Gasteiger partial charge in [0.1, 0.15) is 5.75 Å². The van der Waals surface area contributed by atoms with E-state index in [1.165, 1.54) is 37.5 Å². The highest BCUT2D eigenvalue weighted by Crippen LogP contribution is 2.24. The fourth-order valence-corrected chi connectivity index (χ4v) is 1.58. The molecule has 0 spiro atoms. The molecule has 0 aliphatic heterocycles. The van der Waals surface area contributed by atoms with Crippen molar-refractivity contribution in [3.8, 4) is 5.75 Å². The molecule has 0 radical (unpaired) electrons. The van der Waals surface area contributed by atoms with E-state index in [0.717, 1.165) is 5.88 Å². The van der Waals surface area contributed by atoms with Crippen molar-refractivity contribution in [3.63, 3.8) is 0 Å². The van der Waals surface area contributed by atoms with E-state index >= 15 is 0 Å². The predicted molar refractivity (Wildman–Crippen MR) is 81.5 cm³/mol. The minimum absolute atomic E-state index is 0. The number of ether oxygens (including phenoxy) is 1. The van der Waals surface area contributed by atoms with E-state index in [-0.39, 0.29) is 19.2 Å². The average Bonchev–Trinajstić information content (AvgIpc) is 2.25. The molecule has 7 heteroatoms. The number of alkyl halides is 4. The van der Waals surface area contributed by atoms with Gasteiger partial charge in [0, 0.05) is 10.4 Å². The Bertz CT molecular complexity index is 333. The average molecular weight is 382 g/mol. The van der Waals surface area contributed by atoms with Gasteiger partial charge in [0.25, 0.3) is 0 Å². The molecule has 1 aromatic rings. The lowest BCUT2D eigenvalue weighted by molar-refractivity contribution is -0.274. The maximum atomic E-state index is 11.6. The third-order valence-corrected chi connectivity index (χ3v) is 2.53. The van der Waals surface area contributed by atoms with Gasteiger partial charge in [0.2, 0.25) is 0 Å². The van der Waals surface area contributed by atoms with E-state index in [4.69, 9.17) is 11.6 Å². The van der Waals surface area contributed by atoms with Crippen molar-refractivity contribution in [1.82, 2.24) is 0 Å². The summed E-state index contributed by atoms with van der Waals surface area (Å²) < 4.78 is 39.1. The Morgan fingerprint density at radius 3 is 2.26 bits per heavy atom. The Labute approximate surface area is 132 Å². The lowest BCUT2D eigenvalue weighted by Gasteiger charge is -2.08. The fraction of sp³-hybridized carbons (Fsp3) is 0.500. The van der Waals surface area contributed by atoms with Crippen LogP contribution in [0.2, 0.25) is 0 Å². The molecule has 0 heterocycles. The summed E-state index contributed by atoms with van der Waals surface area (Å²) in [5.41, 5.74) is 0. The molecule has 0 aliphatic carbocycles. The molecule has 19 heavy (non-hydrogen) atoms. The standard InChI is InChI=1S/C7H4BrF3O.C5H11Cl.H2S/c8-5-2-1-3-6(4-5)12-7(9,10)11;1-2-3-4-5-6;/h1-4H;2-5H2,1H3;1H2. The van der Waals surface area contributed by atoms with Crippen LogP contribution in [0.1, 0.15) is 26.2 Å². The zero-order chi connectivity index (χ0) is 14.0. The van der Waals surface area contributed by atoms with Crippen LogP contribution in [0.5, 0.6) is 5.75 Å². The van der Waals surface area contributed by atoms with Gasteiger partial charge in [-0.3, -0.25) is 0 Å². The van der Waals surface area contributed by atoms with Crippen molar-refractivity contribution in [3.05, 3.63) is 28.7 Å². The minimum Gasteiger partial charge on any atom is -0.406 e. The number of halogens is 5. The van der Waals surface area contributed by atoms with Crippen molar-refractivity contribution >= 4 is 41.0 Å². The molecule has 0 amide bonds. The van der Waals surface area contributed by atoms with E-state index in [1.54, 1.807) is 6.07 Å². The first-order chi connectivity index (χ1) is 8.39. The molecular weight excluding hydrogens is 365 g/mol. The largest absolute Gasteiger partial charge is 0.573 e. The highest BCUT2D eigenvalue weighted by molar-refractivity contribution is 9.10. The van der Waals surface area contributed by atoms with E-state index in [0.29, 0.717) is 4.47 Å². The van der Waals surface area contributed by atoms with Gasteiger partial charge in [0.15, 0.2) is 0 Å². The van der Waals surface area contributed by atoms with E-state index in [2.05, 4.69) is 27.6 Å². The van der Waals surface area contributed by atoms with Crippen LogP contribution >= 0.6 is 41.0 Å². The van der Waals surface area contributed by atoms with Gasteiger partial charge in [-0.05, 0) is 24.6 Å². The smallest absolute Gasteiger partial charge is 0.406 e. The van der Waals surface area contributed by atoms with Crippen molar-refractivity contribution < 1.29 is 17.9 Å². The van der Waals surface area contributed by atoms with E-state index < -0.39 is 6.36 Å². The van der Waals surface area contributed by atoms with Gasteiger partial charge in [-0.25, -0.2) is 0 Å². The molecule has 112 valence electrons. The number of benzene rings is 1. The van der Waals surface area contributed by atoms with Crippen LogP contribution in [0.3, 0.4) is 0 Å². The fourth-order valence-electron chi connectivity index (χ4n) is 1.01. The first-order valence-electron chi connectivity index (χ1n) is 5.46. The predicted octanol–water partition coefficient (Wildman–Crippen LogP) is 5.88. The molecule has 1 nitrogen and oxygen atoms in total. The van der Waals surface area contributed by atoms with Crippen LogP contribution < -0.4 is 4.74 Å². The molecule has 0 saturated heterocycles. The topological polar surface area (TPSA) is 9.23 Å². The molecule has 0 aromatic heterocycles. The van der Waals surface area contributed by atoms with Crippen LogP contribution in [0.4, 0.5) is 13.2 Å². The van der Waals surface area contributed by atoms with Crippen LogP contribution in [0.15, 0.2) is 28.7 Å². The molecule has 0 bridgehead atoms. The molecule has 0 atom stereocenters. The van der Waals surface area contributed by atoms with Crippen molar-refractivity contribution in [1.29, 1.82) is 0 Å². The van der Waals surface area contributed by atoms with Gasteiger partial charge in [0.05, 0.1) is 0 Å². The number of unbranched alkanes of at least 4 members (excludes halogenated alkanes) is 2. The highest BCUT2D eigenvalue weighted by Gasteiger charge is 2.30. The summed E-state index contributed by atoms with van der Waals surface area (Å²) in [7, 11) is 0. The summed E-state index contributed by atoms with van der Waals surface area (Å²) in [5, 5.41) is 0. The maximum Gasteiger partial charge on any atom is 0.573 e. The number of hydrogen-bond donors (Lipinski definition) is 0. The Balaban J connectivity index is 0. The monoisotopic (exact) mass is 380 g/mol. The van der Waals surface area contributed by atoms with E-state index in [1.807, 2.05) is 0 Å². The molecule has 1 aromatic carbocycles. The summed E-state index contributed by atoms with van der Waals surface area (Å²) in [6, 6.07) is 5.56. The summed E-state index contributed by atoms with van der Waals surface area (Å²) in [6.45, 7) is 2.17. The summed E-state index contributed by atoms with van der Waals surface area (Å²) in [4.78, 5) is 0. The molecular formula is C12H17BrClF3OS. The Kier molecular flexibility index (Phi) is 13.1. The van der Waals surface area contributed by atoms with Gasteiger partial charge in [-0.2, -0.15) is 13.5 Å². The molecule has 0 fully saturated rings. The molecule has 1 rings (SSSR count). The van der Waals surface area contributed by atoms with Crippen molar-refractivity contribution in [2.75, 3.05) is 5.88 Å². The summed E-state index contributed by atoms with van der Waals surface area (Å²) in [6.07, 6.45) is -0.894. The molecule has 0 aliphatic rings. The van der Waals surface area contributed by atoms with Crippen molar-refractivity contribution in [2.45, 2.75) is 32.5 Å². The third-order valence-electron chi connectivity index (χ3n) is 1.77. The lowest BCUT2D eigenvalue weighted by Crippen LogP contribution is -2.16. The number of rotatable bonds is 4. The lowest BCUT2D eigenvalue weighted by atomic mass is 10.3. The van der Waals surface area contributed by atoms with Gasteiger partial charge >= 0.3 is 6.36 Å². The summed E-state index contributed by atoms with van der Waals surface area (Å²) in [5.74, 6) is 0.602. The second-order valence-corrected chi connectivity index (χ2v) is 4.69. The second-order valence-electron chi connectivity index (χ2n) is 3.40. The van der Waals surface area contributed by atoms with Gasteiger partial charge in [-0.15, -0.1) is 24.8 Å². The normalized spacial score (nSPS) is 10.0. The Hall–Kier alpha value is -0.0700. The molecule has 0 saturated carbocycles.